The van der Waals surface area contributed by atoms with Gasteiger partial charge in [0.25, 0.3) is 11.8 Å². The van der Waals surface area contributed by atoms with Crippen molar-refractivity contribution in [3.8, 4) is 0 Å². The van der Waals surface area contributed by atoms with Gasteiger partial charge in [0.1, 0.15) is 6.54 Å². The molecule has 0 saturated heterocycles. The van der Waals surface area contributed by atoms with Gasteiger partial charge in [-0.3, -0.25) is 9.59 Å². The van der Waals surface area contributed by atoms with E-state index in [1.54, 1.807) is 12.1 Å². The molecule has 0 aliphatic carbocycles. The fraction of sp³-hybridized carbons (Fsp3) is 0.222. The largest absolute Gasteiger partial charge is 0.406 e. The summed E-state index contributed by atoms with van der Waals surface area (Å²) in [4.78, 5) is 23.4. The minimum Gasteiger partial charge on any atom is -0.348 e. The molecular formula is C18H13Br2F3N2O2. The zero-order valence-electron chi connectivity index (χ0n) is 13.7. The van der Waals surface area contributed by atoms with Gasteiger partial charge in [-0.05, 0) is 47.5 Å². The highest BCUT2D eigenvalue weighted by molar-refractivity contribution is 9.10. The fourth-order valence-electron chi connectivity index (χ4n) is 2.89. The summed E-state index contributed by atoms with van der Waals surface area (Å²) in [7, 11) is 0. The van der Waals surface area contributed by atoms with Crippen LogP contribution in [0.5, 0.6) is 0 Å². The molecule has 2 amide bonds. The maximum atomic E-state index is 12.2. The van der Waals surface area contributed by atoms with E-state index in [9.17, 15) is 22.8 Å². The lowest BCUT2D eigenvalue weighted by Gasteiger charge is -2.17. The van der Waals surface area contributed by atoms with Gasteiger partial charge < -0.3 is 10.2 Å². The Hall–Kier alpha value is -1.87. The number of carbonyl (C=O) groups excluding carboxylic acids is 2. The van der Waals surface area contributed by atoms with E-state index < -0.39 is 18.6 Å². The van der Waals surface area contributed by atoms with Gasteiger partial charge in [-0.25, -0.2) is 0 Å². The molecule has 0 saturated carbocycles. The molecule has 2 aliphatic heterocycles. The summed E-state index contributed by atoms with van der Waals surface area (Å²) in [6.45, 7) is -0.515. The molecular weight excluding hydrogens is 493 g/mol. The highest BCUT2D eigenvalue weighted by atomic mass is 79.9. The van der Waals surface area contributed by atoms with Crippen LogP contribution in [0.1, 0.15) is 31.8 Å². The summed E-state index contributed by atoms with van der Waals surface area (Å²) in [6, 6.07) is 10.5. The van der Waals surface area contributed by atoms with Gasteiger partial charge in [-0.1, -0.05) is 31.9 Å². The van der Waals surface area contributed by atoms with Crippen LogP contribution in [0, 0.1) is 0 Å². The number of benzene rings is 2. The number of alkyl halides is 3. The van der Waals surface area contributed by atoms with Crippen molar-refractivity contribution in [2.75, 3.05) is 6.54 Å². The van der Waals surface area contributed by atoms with Crippen molar-refractivity contribution in [2.45, 2.75) is 19.3 Å². The molecule has 2 aromatic rings. The minimum absolute atomic E-state index is 0.0209. The van der Waals surface area contributed by atoms with Crippen LogP contribution in [-0.4, -0.2) is 29.4 Å². The first-order valence-corrected chi connectivity index (χ1v) is 9.44. The summed E-state index contributed by atoms with van der Waals surface area (Å²) >= 11 is 6.56. The molecule has 0 atom stereocenters. The molecule has 0 unspecified atom stereocenters. The van der Waals surface area contributed by atoms with Crippen LogP contribution < -0.4 is 5.32 Å². The quantitative estimate of drug-likeness (QED) is 0.612. The first-order valence-electron chi connectivity index (χ1n) is 7.85. The van der Waals surface area contributed by atoms with Crippen LogP contribution in [0.4, 0.5) is 13.2 Å². The van der Waals surface area contributed by atoms with Crippen LogP contribution in [0.2, 0.25) is 0 Å². The van der Waals surface area contributed by atoms with E-state index in [4.69, 9.17) is 0 Å². The lowest BCUT2D eigenvalue weighted by molar-refractivity contribution is -0.140. The standard InChI is InChI=1S/C10H7BrF3NO.C8H6BrNO/c11-7-1-2-8-6(3-7)4-15(9(8)16)5-10(12,13)14;9-6-1-2-7-5(3-6)4-10-8(7)11/h1-3H,4-5H2;1-3H,4H2,(H,10,11). The Kier molecular flexibility index (Phi) is 5.62. The highest BCUT2D eigenvalue weighted by Gasteiger charge is 2.37. The highest BCUT2D eigenvalue weighted by Crippen LogP contribution is 2.28. The number of fused-ring (bicyclic) bond motifs is 2. The molecule has 142 valence electrons. The van der Waals surface area contributed by atoms with E-state index in [0.29, 0.717) is 17.7 Å². The summed E-state index contributed by atoms with van der Waals surface area (Å²) in [5, 5.41) is 2.75. The number of nitrogens with zero attached hydrogens (tertiary/aromatic N) is 1. The molecule has 27 heavy (non-hydrogen) atoms. The van der Waals surface area contributed by atoms with Crippen molar-refractivity contribution in [1.82, 2.24) is 10.2 Å². The van der Waals surface area contributed by atoms with Crippen LogP contribution in [-0.2, 0) is 13.1 Å². The predicted molar refractivity (Wildman–Crippen MR) is 100 cm³/mol. The van der Waals surface area contributed by atoms with Crippen molar-refractivity contribution in [3.63, 3.8) is 0 Å². The van der Waals surface area contributed by atoms with Gasteiger partial charge in [-0.15, -0.1) is 0 Å². The van der Waals surface area contributed by atoms with Crippen molar-refractivity contribution < 1.29 is 22.8 Å². The molecule has 4 nitrogen and oxygen atoms in total. The van der Waals surface area contributed by atoms with Gasteiger partial charge >= 0.3 is 6.18 Å². The molecule has 9 heteroatoms. The van der Waals surface area contributed by atoms with Crippen LogP contribution in [0.3, 0.4) is 0 Å². The SMILES string of the molecule is O=C1NCc2cc(Br)ccc21.O=C1c2ccc(Br)cc2CN1CC(F)(F)F. The number of nitrogens with one attached hydrogen (secondary N) is 1. The van der Waals surface area contributed by atoms with Gasteiger partial charge in [-0.2, -0.15) is 13.2 Å². The number of hydrogen-bond acceptors (Lipinski definition) is 2. The number of carbonyl (C=O) groups is 2. The van der Waals surface area contributed by atoms with Crippen LogP contribution >= 0.6 is 31.9 Å². The van der Waals surface area contributed by atoms with Crippen molar-refractivity contribution in [2.24, 2.45) is 0 Å². The van der Waals surface area contributed by atoms with E-state index in [-0.39, 0.29) is 12.5 Å². The molecule has 0 spiro atoms. The van der Waals surface area contributed by atoms with Crippen LogP contribution in [0.15, 0.2) is 45.3 Å². The molecule has 4 rings (SSSR count). The lowest BCUT2D eigenvalue weighted by Crippen LogP contribution is -2.34. The average Bonchev–Trinajstić information content (AvgIpc) is 3.07. The topological polar surface area (TPSA) is 49.4 Å². The lowest BCUT2D eigenvalue weighted by atomic mass is 10.1. The van der Waals surface area contributed by atoms with E-state index in [1.165, 1.54) is 6.07 Å². The van der Waals surface area contributed by atoms with Crippen LogP contribution in [0.25, 0.3) is 0 Å². The summed E-state index contributed by atoms with van der Waals surface area (Å²) in [5.41, 5.74) is 2.86. The minimum atomic E-state index is -4.35. The zero-order valence-corrected chi connectivity index (χ0v) is 16.9. The van der Waals surface area contributed by atoms with E-state index >= 15 is 0 Å². The molecule has 2 aliphatic rings. The monoisotopic (exact) mass is 504 g/mol. The first-order chi connectivity index (χ1) is 12.6. The Morgan fingerprint density at radius 2 is 1.56 bits per heavy atom. The predicted octanol–water partition coefficient (Wildman–Crippen LogP) is 4.66. The second-order valence-corrected chi connectivity index (χ2v) is 7.89. The number of hydrogen-bond donors (Lipinski definition) is 1. The number of halogens is 5. The maximum Gasteiger partial charge on any atom is 0.406 e. The third-order valence-corrected chi connectivity index (χ3v) is 5.05. The number of rotatable bonds is 1. The fourth-order valence-corrected chi connectivity index (χ4v) is 3.71. The normalized spacial score (nSPS) is 15.1. The Morgan fingerprint density at radius 3 is 2.19 bits per heavy atom. The molecule has 0 bridgehead atoms. The van der Waals surface area contributed by atoms with E-state index in [0.717, 1.165) is 25.0 Å². The van der Waals surface area contributed by atoms with E-state index in [2.05, 4.69) is 37.2 Å². The average molecular weight is 506 g/mol. The van der Waals surface area contributed by atoms with Crippen molar-refractivity contribution >= 4 is 43.7 Å². The smallest absolute Gasteiger partial charge is 0.348 e. The second kappa shape index (κ2) is 7.63. The molecule has 2 heterocycles. The summed E-state index contributed by atoms with van der Waals surface area (Å²) in [6.07, 6.45) is -4.35. The van der Waals surface area contributed by atoms with Gasteiger partial charge in [0.2, 0.25) is 0 Å². The summed E-state index contributed by atoms with van der Waals surface area (Å²) in [5.74, 6) is -0.521. The van der Waals surface area contributed by atoms with E-state index in [1.807, 2.05) is 18.2 Å². The first kappa shape index (κ1) is 19.9. The molecule has 0 radical (unpaired) electrons. The molecule has 0 fully saturated rings. The Balaban J connectivity index is 0.000000166. The number of amides is 2. The zero-order chi connectivity index (χ0) is 19.8. The Morgan fingerprint density at radius 1 is 0.963 bits per heavy atom. The van der Waals surface area contributed by atoms with Gasteiger partial charge in [0.05, 0.1) is 0 Å². The molecule has 2 aromatic carbocycles. The van der Waals surface area contributed by atoms with Crippen molar-refractivity contribution in [1.29, 1.82) is 0 Å². The third kappa shape index (κ3) is 4.70. The third-order valence-electron chi connectivity index (χ3n) is 4.07. The molecule has 1 N–H and O–H groups in total. The molecule has 0 aromatic heterocycles. The van der Waals surface area contributed by atoms with Crippen molar-refractivity contribution in [3.05, 3.63) is 67.6 Å². The Bertz CT molecular complexity index is 916. The summed E-state index contributed by atoms with van der Waals surface area (Å²) < 4.78 is 38.3. The van der Waals surface area contributed by atoms with Gasteiger partial charge in [0, 0.05) is 33.2 Å². The maximum absolute atomic E-state index is 12.2. The Labute approximate surface area is 170 Å². The second-order valence-electron chi connectivity index (χ2n) is 6.06. The van der Waals surface area contributed by atoms with Gasteiger partial charge in [0.15, 0.2) is 0 Å².